The second-order valence-electron chi connectivity index (χ2n) is 7.23. The molecule has 2 aromatic heterocycles. The molecule has 30 heavy (non-hydrogen) atoms. The molecule has 5 nitrogen and oxygen atoms in total. The lowest BCUT2D eigenvalue weighted by Gasteiger charge is -2.19. The van der Waals surface area contributed by atoms with Gasteiger partial charge in [0.1, 0.15) is 12.4 Å². The maximum absolute atomic E-state index is 11.0. The van der Waals surface area contributed by atoms with Gasteiger partial charge in [0, 0.05) is 28.5 Å². The predicted molar refractivity (Wildman–Crippen MR) is 120 cm³/mol. The first-order chi connectivity index (χ1) is 14.4. The van der Waals surface area contributed by atoms with Gasteiger partial charge in [0.05, 0.1) is 27.5 Å². The van der Waals surface area contributed by atoms with Crippen LogP contribution in [0.3, 0.4) is 0 Å². The van der Waals surface area contributed by atoms with Crippen LogP contribution in [0.1, 0.15) is 35.5 Å². The van der Waals surface area contributed by atoms with Crippen molar-refractivity contribution in [2.45, 2.75) is 25.3 Å². The van der Waals surface area contributed by atoms with Crippen LogP contribution in [0.5, 0.6) is 0 Å². The molecule has 1 aromatic carbocycles. The lowest BCUT2D eigenvalue weighted by atomic mass is 9.93. The summed E-state index contributed by atoms with van der Waals surface area (Å²) in [5, 5.41) is 16.7. The zero-order valence-corrected chi connectivity index (χ0v) is 18.6. The van der Waals surface area contributed by atoms with Crippen molar-refractivity contribution in [1.82, 2.24) is 19.7 Å². The summed E-state index contributed by atoms with van der Waals surface area (Å²) in [6.45, 7) is 3.99. The molecule has 154 valence electrons. The smallest absolute Gasteiger partial charge is 0.126 e. The molecule has 1 aliphatic carbocycles. The lowest BCUT2D eigenvalue weighted by molar-refractivity contribution is 0.213. The van der Waals surface area contributed by atoms with Crippen LogP contribution in [0, 0.1) is 12.8 Å². The highest BCUT2D eigenvalue weighted by Gasteiger charge is 2.26. The first-order valence-electron chi connectivity index (χ1n) is 9.39. The normalized spacial score (nSPS) is 19.6. The quantitative estimate of drug-likeness (QED) is 0.517. The zero-order valence-electron chi connectivity index (χ0n) is 16.3. The van der Waals surface area contributed by atoms with E-state index in [9.17, 15) is 5.11 Å². The summed E-state index contributed by atoms with van der Waals surface area (Å²) in [7, 11) is 0. The summed E-state index contributed by atoms with van der Waals surface area (Å²) < 4.78 is 1.74. The summed E-state index contributed by atoms with van der Waals surface area (Å²) in [5.41, 5.74) is 4.34. The molecule has 1 N–H and O–H groups in total. The Morgan fingerprint density at radius 2 is 1.90 bits per heavy atom. The molecule has 2 heterocycles. The molecule has 0 saturated carbocycles. The number of aromatic nitrogens is 4. The van der Waals surface area contributed by atoms with Gasteiger partial charge in [0.15, 0.2) is 0 Å². The third-order valence-corrected chi connectivity index (χ3v) is 6.21. The Kier molecular flexibility index (Phi) is 5.98. The Balaban J connectivity index is 1.92. The van der Waals surface area contributed by atoms with Crippen molar-refractivity contribution in [3.05, 3.63) is 87.7 Å². The summed E-state index contributed by atoms with van der Waals surface area (Å²) in [6.07, 6.45) is 9.62. The van der Waals surface area contributed by atoms with E-state index in [0.717, 1.165) is 16.8 Å². The summed E-state index contributed by atoms with van der Waals surface area (Å²) in [5.74, 6) is 0.144. The number of benzene rings is 1. The van der Waals surface area contributed by atoms with Crippen LogP contribution >= 0.6 is 34.8 Å². The number of hydrogen-bond acceptors (Lipinski definition) is 4. The number of alkyl halides is 1. The molecule has 3 aromatic rings. The summed E-state index contributed by atoms with van der Waals surface area (Å²) in [6, 6.07) is 5.24. The summed E-state index contributed by atoms with van der Waals surface area (Å²) in [4.78, 5) is 8.00. The van der Waals surface area contributed by atoms with Crippen LogP contribution < -0.4 is 0 Å². The molecule has 0 saturated heterocycles. The topological polar surface area (TPSA) is 63.8 Å². The highest BCUT2D eigenvalue weighted by molar-refractivity contribution is 6.35. The number of aliphatic hydroxyl groups is 1. The minimum absolute atomic E-state index is 0.0731. The average molecular weight is 462 g/mol. The van der Waals surface area contributed by atoms with E-state index in [1.165, 1.54) is 6.33 Å². The number of hydrogen-bond donors (Lipinski definition) is 1. The molecule has 0 radical (unpaired) electrons. The van der Waals surface area contributed by atoms with E-state index in [1.807, 2.05) is 25.1 Å². The fraction of sp³-hybridized carbons (Fsp3) is 0.227. The standard InChI is InChI=1S/C22H19Cl3N4O/c1-12-7-14(3-5-17(12)24)21-13(2)20(22(30)15-9-26-11-27-10-15)28-29(21)19-6-4-16(23)8-18(19)25/h3-12,17,22,30H,1-2H3. The number of halogens is 3. The van der Waals surface area contributed by atoms with Crippen LogP contribution in [0.15, 0.2) is 55.1 Å². The van der Waals surface area contributed by atoms with Gasteiger partial charge in [-0.25, -0.2) is 14.6 Å². The summed E-state index contributed by atoms with van der Waals surface area (Å²) >= 11 is 18.9. The molecular formula is C22H19Cl3N4O. The zero-order chi connectivity index (χ0) is 21.4. The third kappa shape index (κ3) is 3.91. The number of aliphatic hydroxyl groups excluding tert-OH is 1. The Morgan fingerprint density at radius 1 is 1.17 bits per heavy atom. The molecule has 0 spiro atoms. The Labute approximate surface area is 189 Å². The van der Waals surface area contributed by atoms with Crippen molar-refractivity contribution in [3.8, 4) is 5.69 Å². The highest BCUT2D eigenvalue weighted by Crippen LogP contribution is 2.36. The molecule has 3 atom stereocenters. The number of rotatable bonds is 4. The van der Waals surface area contributed by atoms with Gasteiger partial charge >= 0.3 is 0 Å². The fourth-order valence-corrected chi connectivity index (χ4v) is 4.14. The maximum atomic E-state index is 11.0. The van der Waals surface area contributed by atoms with Crippen molar-refractivity contribution in [3.63, 3.8) is 0 Å². The second kappa shape index (κ2) is 8.52. The lowest BCUT2D eigenvalue weighted by Crippen LogP contribution is -2.11. The van der Waals surface area contributed by atoms with Crippen LogP contribution in [0.25, 0.3) is 11.3 Å². The van der Waals surface area contributed by atoms with Gasteiger partial charge in [0.2, 0.25) is 0 Å². The van der Waals surface area contributed by atoms with E-state index >= 15 is 0 Å². The first-order valence-corrected chi connectivity index (χ1v) is 10.6. The van der Waals surface area contributed by atoms with Gasteiger partial charge in [-0.1, -0.05) is 48.4 Å². The monoisotopic (exact) mass is 460 g/mol. The molecule has 0 fully saturated rings. The molecule has 4 rings (SSSR count). The van der Waals surface area contributed by atoms with E-state index in [-0.39, 0.29) is 11.3 Å². The van der Waals surface area contributed by atoms with Gasteiger partial charge in [-0.05, 0) is 36.6 Å². The van der Waals surface area contributed by atoms with Crippen LogP contribution in [-0.4, -0.2) is 30.2 Å². The second-order valence-corrected chi connectivity index (χ2v) is 8.57. The Morgan fingerprint density at radius 3 is 2.57 bits per heavy atom. The van der Waals surface area contributed by atoms with E-state index in [0.29, 0.717) is 27.0 Å². The van der Waals surface area contributed by atoms with Gasteiger partial charge < -0.3 is 5.11 Å². The molecular weight excluding hydrogens is 443 g/mol. The predicted octanol–water partition coefficient (Wildman–Crippen LogP) is 5.56. The third-order valence-electron chi connectivity index (χ3n) is 5.13. The number of allylic oxidation sites excluding steroid dienone is 4. The molecule has 3 unspecified atom stereocenters. The van der Waals surface area contributed by atoms with Crippen molar-refractivity contribution >= 4 is 40.4 Å². The van der Waals surface area contributed by atoms with Crippen LogP contribution in [0.4, 0.5) is 0 Å². The molecule has 1 aliphatic rings. The van der Waals surface area contributed by atoms with Crippen molar-refractivity contribution in [2.75, 3.05) is 0 Å². The fourth-order valence-electron chi connectivity index (χ4n) is 3.51. The van der Waals surface area contributed by atoms with Gasteiger partial charge in [0.25, 0.3) is 0 Å². The molecule has 0 aliphatic heterocycles. The van der Waals surface area contributed by atoms with Gasteiger partial charge in [-0.3, -0.25) is 0 Å². The number of nitrogens with zero attached hydrogens (tertiary/aromatic N) is 4. The van der Waals surface area contributed by atoms with Gasteiger partial charge in [-0.2, -0.15) is 5.10 Å². The average Bonchev–Trinajstić information content (AvgIpc) is 3.07. The molecule has 0 bridgehead atoms. The Hall–Kier alpha value is -2.18. The minimum atomic E-state index is -0.983. The SMILES string of the molecule is Cc1c(C(O)c2cncnc2)nn(-c2ccc(Cl)cc2Cl)c1C1=CC(C)C(Cl)C=C1. The van der Waals surface area contributed by atoms with E-state index in [4.69, 9.17) is 39.9 Å². The van der Waals surface area contributed by atoms with Crippen molar-refractivity contribution < 1.29 is 5.11 Å². The Bertz CT molecular complexity index is 1140. The molecule has 8 heteroatoms. The highest BCUT2D eigenvalue weighted by atomic mass is 35.5. The first kappa shape index (κ1) is 21.1. The maximum Gasteiger partial charge on any atom is 0.126 e. The van der Waals surface area contributed by atoms with Crippen molar-refractivity contribution in [2.24, 2.45) is 5.92 Å². The molecule has 0 amide bonds. The van der Waals surface area contributed by atoms with E-state index in [1.54, 1.807) is 29.2 Å². The van der Waals surface area contributed by atoms with Gasteiger partial charge in [-0.15, -0.1) is 11.6 Å². The van der Waals surface area contributed by atoms with E-state index < -0.39 is 6.10 Å². The minimum Gasteiger partial charge on any atom is -0.382 e. The van der Waals surface area contributed by atoms with Crippen LogP contribution in [0.2, 0.25) is 10.0 Å². The van der Waals surface area contributed by atoms with Crippen molar-refractivity contribution in [1.29, 1.82) is 0 Å². The van der Waals surface area contributed by atoms with E-state index in [2.05, 4.69) is 23.0 Å². The van der Waals surface area contributed by atoms with Crippen LogP contribution in [-0.2, 0) is 0 Å². The largest absolute Gasteiger partial charge is 0.382 e.